The smallest absolute Gasteiger partial charge is 0.338 e. The molecule has 0 aliphatic carbocycles. The third-order valence-corrected chi connectivity index (χ3v) is 2.21. The number of halogens is 1. The van der Waals surface area contributed by atoms with Crippen LogP contribution in [0, 0.1) is 0 Å². The van der Waals surface area contributed by atoms with E-state index >= 15 is 0 Å². The second-order valence-corrected chi connectivity index (χ2v) is 3.08. The zero-order valence-corrected chi connectivity index (χ0v) is 9.37. The highest BCUT2D eigenvalue weighted by atomic mass is 35.5. The van der Waals surface area contributed by atoms with Crippen molar-refractivity contribution in [3.63, 3.8) is 0 Å². The van der Waals surface area contributed by atoms with E-state index in [0.717, 1.165) is 0 Å². The minimum atomic E-state index is -0.572. The molecule has 0 bridgehead atoms. The molecule has 0 atom stereocenters. The molecule has 16 heavy (non-hydrogen) atoms. The van der Waals surface area contributed by atoms with Gasteiger partial charge in [-0.3, -0.25) is 0 Å². The zero-order chi connectivity index (χ0) is 12.1. The summed E-state index contributed by atoms with van der Waals surface area (Å²) in [7, 11) is 2.63. The van der Waals surface area contributed by atoms with E-state index in [1.54, 1.807) is 0 Å². The fourth-order valence-electron chi connectivity index (χ4n) is 1.10. The van der Waals surface area contributed by atoms with Crippen molar-refractivity contribution in [3.05, 3.63) is 22.7 Å². The molecule has 1 aromatic carbocycles. The Kier molecular flexibility index (Phi) is 4.05. The van der Waals surface area contributed by atoms with Crippen LogP contribution in [0.5, 0.6) is 5.75 Å². The maximum Gasteiger partial charge on any atom is 0.338 e. The minimum Gasteiger partial charge on any atom is -0.495 e. The van der Waals surface area contributed by atoms with E-state index in [-0.39, 0.29) is 22.0 Å². The predicted octanol–water partition coefficient (Wildman–Crippen LogP) is 2.10. The molecule has 0 fully saturated rings. The molecule has 6 heteroatoms. The normalized spacial score (nSPS) is 9.19. The van der Waals surface area contributed by atoms with Crippen molar-refractivity contribution < 1.29 is 19.1 Å². The van der Waals surface area contributed by atoms with Crippen LogP contribution in [0.4, 0.5) is 5.69 Å². The van der Waals surface area contributed by atoms with Crippen molar-refractivity contribution in [2.75, 3.05) is 14.2 Å². The third kappa shape index (κ3) is 2.39. The lowest BCUT2D eigenvalue weighted by atomic mass is 10.2. The molecule has 0 saturated carbocycles. The lowest BCUT2D eigenvalue weighted by molar-refractivity contribution is 0.0600. The number of rotatable bonds is 3. The molecule has 0 spiro atoms. The van der Waals surface area contributed by atoms with Crippen LogP contribution >= 0.6 is 11.6 Å². The fraction of sp³-hybridized carbons (Fsp3) is 0.200. The second-order valence-electron chi connectivity index (χ2n) is 2.71. The number of carbonyl (C=O) groups excluding carboxylic acids is 2. The van der Waals surface area contributed by atoms with Crippen molar-refractivity contribution in [1.82, 2.24) is 0 Å². The molecular weight excluding hydrogens is 234 g/mol. The van der Waals surface area contributed by atoms with Gasteiger partial charge in [-0.15, -0.1) is 0 Å². The summed E-state index contributed by atoms with van der Waals surface area (Å²) < 4.78 is 9.47. The van der Waals surface area contributed by atoms with Gasteiger partial charge in [0.15, 0.2) is 0 Å². The molecule has 0 aliphatic heterocycles. The zero-order valence-electron chi connectivity index (χ0n) is 8.61. The number of ether oxygens (including phenoxy) is 2. The summed E-state index contributed by atoms with van der Waals surface area (Å²) in [4.78, 5) is 24.8. The van der Waals surface area contributed by atoms with Gasteiger partial charge in [0.2, 0.25) is 6.08 Å². The topological polar surface area (TPSA) is 65.0 Å². The van der Waals surface area contributed by atoms with E-state index in [4.69, 9.17) is 16.3 Å². The number of nitrogens with zero attached hydrogens (tertiary/aromatic N) is 1. The number of hydrogen-bond acceptors (Lipinski definition) is 5. The largest absolute Gasteiger partial charge is 0.495 e. The standard InChI is InChI=1S/C10H8ClNO4/c1-15-8-4-6(10(14)16-2)3-7(9(8)11)12-5-13/h3-4H,1-2H3. The van der Waals surface area contributed by atoms with Gasteiger partial charge in [0, 0.05) is 0 Å². The summed E-state index contributed by atoms with van der Waals surface area (Å²) in [6.07, 6.45) is 1.34. The number of hydrogen-bond donors (Lipinski definition) is 0. The van der Waals surface area contributed by atoms with Crippen molar-refractivity contribution in [1.29, 1.82) is 0 Å². The van der Waals surface area contributed by atoms with Crippen LogP contribution in [-0.2, 0) is 9.53 Å². The van der Waals surface area contributed by atoms with E-state index in [1.165, 1.54) is 32.4 Å². The van der Waals surface area contributed by atoms with Gasteiger partial charge in [0.25, 0.3) is 0 Å². The van der Waals surface area contributed by atoms with Crippen molar-refractivity contribution in [2.24, 2.45) is 4.99 Å². The molecule has 1 aromatic rings. The first-order chi connectivity index (χ1) is 7.63. The second kappa shape index (κ2) is 5.30. The molecule has 0 radical (unpaired) electrons. The van der Waals surface area contributed by atoms with Gasteiger partial charge >= 0.3 is 5.97 Å². The van der Waals surface area contributed by atoms with E-state index in [9.17, 15) is 9.59 Å². The molecule has 1 rings (SSSR count). The lowest BCUT2D eigenvalue weighted by Gasteiger charge is -2.07. The summed E-state index contributed by atoms with van der Waals surface area (Å²) in [5.41, 5.74) is 0.300. The highest BCUT2D eigenvalue weighted by Crippen LogP contribution is 2.35. The Morgan fingerprint density at radius 2 is 2.12 bits per heavy atom. The van der Waals surface area contributed by atoms with Gasteiger partial charge in [-0.25, -0.2) is 9.59 Å². The van der Waals surface area contributed by atoms with Crippen LogP contribution in [0.2, 0.25) is 5.02 Å². The number of esters is 1. The molecule has 5 nitrogen and oxygen atoms in total. The third-order valence-electron chi connectivity index (χ3n) is 1.83. The van der Waals surface area contributed by atoms with Gasteiger partial charge in [-0.2, -0.15) is 4.99 Å². The Morgan fingerprint density at radius 3 is 2.62 bits per heavy atom. The number of isocyanates is 1. The Hall–Kier alpha value is -1.84. The Labute approximate surface area is 96.6 Å². The average molecular weight is 242 g/mol. The summed E-state index contributed by atoms with van der Waals surface area (Å²) in [5.74, 6) is -0.337. The summed E-state index contributed by atoms with van der Waals surface area (Å²) >= 11 is 5.86. The number of carbonyl (C=O) groups is 1. The first-order valence-electron chi connectivity index (χ1n) is 4.17. The number of methoxy groups -OCH3 is 2. The summed E-state index contributed by atoms with van der Waals surface area (Å²) in [5, 5.41) is 0.138. The summed E-state index contributed by atoms with van der Waals surface area (Å²) in [6.45, 7) is 0. The molecule has 84 valence electrons. The van der Waals surface area contributed by atoms with Crippen LogP contribution < -0.4 is 4.74 Å². The minimum absolute atomic E-state index is 0.108. The highest BCUT2D eigenvalue weighted by molar-refractivity contribution is 6.34. The van der Waals surface area contributed by atoms with E-state index in [0.29, 0.717) is 0 Å². The van der Waals surface area contributed by atoms with Crippen LogP contribution in [0.3, 0.4) is 0 Å². The van der Waals surface area contributed by atoms with E-state index < -0.39 is 5.97 Å². The molecule has 0 unspecified atom stereocenters. The number of aliphatic imine (C=N–C) groups is 1. The molecule has 0 N–H and O–H groups in total. The van der Waals surface area contributed by atoms with Gasteiger partial charge in [-0.05, 0) is 12.1 Å². The van der Waals surface area contributed by atoms with Gasteiger partial charge < -0.3 is 9.47 Å². The first-order valence-corrected chi connectivity index (χ1v) is 4.55. The van der Waals surface area contributed by atoms with E-state index in [2.05, 4.69) is 9.73 Å². The Balaban J connectivity index is 3.39. The van der Waals surface area contributed by atoms with Crippen LogP contribution in [0.25, 0.3) is 0 Å². The monoisotopic (exact) mass is 241 g/mol. The van der Waals surface area contributed by atoms with Crippen molar-refractivity contribution in [2.45, 2.75) is 0 Å². The van der Waals surface area contributed by atoms with Gasteiger partial charge in [0.05, 0.1) is 25.5 Å². The Morgan fingerprint density at radius 1 is 1.44 bits per heavy atom. The maximum absolute atomic E-state index is 11.3. The van der Waals surface area contributed by atoms with Crippen molar-refractivity contribution in [3.8, 4) is 5.75 Å². The predicted molar refractivity (Wildman–Crippen MR) is 57.1 cm³/mol. The molecule has 0 heterocycles. The van der Waals surface area contributed by atoms with Crippen LogP contribution in [-0.4, -0.2) is 26.3 Å². The summed E-state index contributed by atoms with van der Waals surface area (Å²) in [6, 6.07) is 2.72. The van der Waals surface area contributed by atoms with E-state index in [1.807, 2.05) is 0 Å². The maximum atomic E-state index is 11.3. The Bertz CT molecular complexity index is 466. The van der Waals surface area contributed by atoms with Gasteiger partial charge in [-0.1, -0.05) is 11.6 Å². The van der Waals surface area contributed by atoms with Crippen LogP contribution in [0.15, 0.2) is 17.1 Å². The fourth-order valence-corrected chi connectivity index (χ4v) is 1.33. The van der Waals surface area contributed by atoms with Crippen molar-refractivity contribution >= 4 is 29.3 Å². The lowest BCUT2D eigenvalue weighted by Crippen LogP contribution is -2.01. The molecule has 0 saturated heterocycles. The highest BCUT2D eigenvalue weighted by Gasteiger charge is 2.14. The number of benzene rings is 1. The molecular formula is C10H8ClNO4. The SMILES string of the molecule is COC(=O)c1cc(N=C=O)c(Cl)c(OC)c1. The average Bonchev–Trinajstić information content (AvgIpc) is 2.31. The van der Waals surface area contributed by atoms with Crippen LogP contribution in [0.1, 0.15) is 10.4 Å². The molecule has 0 aromatic heterocycles. The van der Waals surface area contributed by atoms with Gasteiger partial charge in [0.1, 0.15) is 10.8 Å². The quantitative estimate of drug-likeness (QED) is 0.462. The molecule has 0 amide bonds. The molecule has 0 aliphatic rings. The first kappa shape index (κ1) is 12.2.